The van der Waals surface area contributed by atoms with E-state index in [0.29, 0.717) is 28.0 Å². The summed E-state index contributed by atoms with van der Waals surface area (Å²) in [7, 11) is 0. The topological polar surface area (TPSA) is 56.2 Å². The molecule has 0 spiro atoms. The minimum Gasteiger partial charge on any atom is -0.464 e. The summed E-state index contributed by atoms with van der Waals surface area (Å²) in [5.41, 5.74) is 7.89. The Labute approximate surface area is 111 Å². The maximum absolute atomic E-state index is 12.3. The van der Waals surface area contributed by atoms with E-state index in [1.807, 2.05) is 13.8 Å². The molecule has 4 heteroatoms. The van der Waals surface area contributed by atoms with E-state index in [2.05, 4.69) is 0 Å². The number of aryl methyl sites for hydroxylation is 1. The third kappa shape index (κ3) is 2.42. The summed E-state index contributed by atoms with van der Waals surface area (Å²) in [4.78, 5) is 12.3. The van der Waals surface area contributed by atoms with Crippen LogP contribution in [0.15, 0.2) is 27.6 Å². The highest BCUT2D eigenvalue weighted by atomic mass is 35.5. The van der Waals surface area contributed by atoms with Crippen LogP contribution in [0.3, 0.4) is 0 Å². The second kappa shape index (κ2) is 5.12. The van der Waals surface area contributed by atoms with Crippen LogP contribution in [-0.4, -0.2) is 6.04 Å². The van der Waals surface area contributed by atoms with Gasteiger partial charge in [0.1, 0.15) is 5.58 Å². The normalized spacial score (nSPS) is 12.9. The van der Waals surface area contributed by atoms with Gasteiger partial charge in [0, 0.05) is 16.6 Å². The van der Waals surface area contributed by atoms with E-state index in [-0.39, 0.29) is 11.5 Å². The first-order chi connectivity index (χ1) is 8.52. The maximum atomic E-state index is 12.3. The van der Waals surface area contributed by atoms with Crippen molar-refractivity contribution >= 4 is 22.6 Å². The van der Waals surface area contributed by atoms with Gasteiger partial charge in [0.15, 0.2) is 5.43 Å². The van der Waals surface area contributed by atoms with Crippen LogP contribution in [0.25, 0.3) is 11.0 Å². The largest absolute Gasteiger partial charge is 0.464 e. The zero-order valence-electron chi connectivity index (χ0n) is 10.5. The SMILES string of the molecule is CCC(N)Cc1coc2cc(C)c(Cl)cc2c1=O. The first kappa shape index (κ1) is 13.1. The first-order valence-corrected chi connectivity index (χ1v) is 6.36. The molecule has 0 saturated carbocycles. The molecule has 0 radical (unpaired) electrons. The van der Waals surface area contributed by atoms with Crippen molar-refractivity contribution in [3.63, 3.8) is 0 Å². The second-order valence-electron chi connectivity index (χ2n) is 4.56. The molecule has 18 heavy (non-hydrogen) atoms. The van der Waals surface area contributed by atoms with Crippen LogP contribution in [0, 0.1) is 6.92 Å². The molecular formula is C14H16ClNO2. The molecule has 2 N–H and O–H groups in total. The molecule has 96 valence electrons. The van der Waals surface area contributed by atoms with Gasteiger partial charge in [-0.25, -0.2) is 0 Å². The summed E-state index contributed by atoms with van der Waals surface area (Å²) in [6, 6.07) is 3.42. The smallest absolute Gasteiger partial charge is 0.195 e. The van der Waals surface area contributed by atoms with Gasteiger partial charge in [-0.05, 0) is 37.5 Å². The third-order valence-corrected chi connectivity index (χ3v) is 3.54. The Balaban J connectivity index is 2.57. The fraction of sp³-hybridized carbons (Fsp3) is 0.357. The summed E-state index contributed by atoms with van der Waals surface area (Å²) >= 11 is 6.04. The predicted octanol–water partition coefficient (Wildman–Crippen LogP) is 3.03. The monoisotopic (exact) mass is 265 g/mol. The van der Waals surface area contributed by atoms with E-state index in [1.165, 1.54) is 6.26 Å². The predicted molar refractivity (Wildman–Crippen MR) is 74.2 cm³/mol. The highest BCUT2D eigenvalue weighted by Crippen LogP contribution is 2.22. The van der Waals surface area contributed by atoms with E-state index >= 15 is 0 Å². The lowest BCUT2D eigenvalue weighted by molar-refractivity contribution is 0.574. The minimum atomic E-state index is -0.0398. The summed E-state index contributed by atoms with van der Waals surface area (Å²) in [6.45, 7) is 3.87. The summed E-state index contributed by atoms with van der Waals surface area (Å²) < 4.78 is 5.49. The van der Waals surface area contributed by atoms with Crippen molar-refractivity contribution in [3.8, 4) is 0 Å². The Kier molecular flexibility index (Phi) is 3.73. The van der Waals surface area contributed by atoms with Gasteiger partial charge >= 0.3 is 0 Å². The summed E-state index contributed by atoms with van der Waals surface area (Å²) in [6.07, 6.45) is 2.86. The molecule has 0 aliphatic rings. The first-order valence-electron chi connectivity index (χ1n) is 5.99. The lowest BCUT2D eigenvalue weighted by atomic mass is 10.0. The van der Waals surface area contributed by atoms with Crippen molar-refractivity contribution < 1.29 is 4.42 Å². The van der Waals surface area contributed by atoms with Crippen LogP contribution in [0.2, 0.25) is 5.02 Å². The van der Waals surface area contributed by atoms with Gasteiger partial charge in [-0.15, -0.1) is 0 Å². The highest BCUT2D eigenvalue weighted by molar-refractivity contribution is 6.32. The summed E-state index contributed by atoms with van der Waals surface area (Å²) in [5, 5.41) is 1.10. The van der Waals surface area contributed by atoms with Crippen molar-refractivity contribution in [1.29, 1.82) is 0 Å². The fourth-order valence-electron chi connectivity index (χ4n) is 1.86. The minimum absolute atomic E-state index is 0.0220. The zero-order chi connectivity index (χ0) is 13.3. The van der Waals surface area contributed by atoms with Crippen LogP contribution in [0.1, 0.15) is 24.5 Å². The molecule has 0 saturated heterocycles. The molecule has 2 aromatic rings. The Bertz CT molecular complexity index is 633. The number of benzene rings is 1. The molecule has 0 fully saturated rings. The molecule has 1 atom stereocenters. The second-order valence-corrected chi connectivity index (χ2v) is 4.97. The quantitative estimate of drug-likeness (QED) is 0.928. The lowest BCUT2D eigenvalue weighted by Crippen LogP contribution is -2.24. The number of hydrogen-bond acceptors (Lipinski definition) is 3. The Morgan fingerprint density at radius 1 is 1.44 bits per heavy atom. The fourth-order valence-corrected chi connectivity index (χ4v) is 2.02. The van der Waals surface area contributed by atoms with E-state index in [4.69, 9.17) is 21.8 Å². The van der Waals surface area contributed by atoms with Gasteiger partial charge in [0.25, 0.3) is 0 Å². The Hall–Kier alpha value is -1.32. The van der Waals surface area contributed by atoms with Gasteiger partial charge in [-0.2, -0.15) is 0 Å². The van der Waals surface area contributed by atoms with E-state index in [0.717, 1.165) is 12.0 Å². The number of rotatable bonds is 3. The molecule has 1 aromatic heterocycles. The molecule has 0 aliphatic carbocycles. The van der Waals surface area contributed by atoms with E-state index in [9.17, 15) is 4.79 Å². The highest BCUT2D eigenvalue weighted by Gasteiger charge is 2.11. The Morgan fingerprint density at radius 2 is 2.17 bits per heavy atom. The number of fused-ring (bicyclic) bond motifs is 1. The van der Waals surface area contributed by atoms with E-state index < -0.39 is 0 Å². The van der Waals surface area contributed by atoms with Crippen LogP contribution in [0.5, 0.6) is 0 Å². The molecular weight excluding hydrogens is 250 g/mol. The molecule has 0 aliphatic heterocycles. The van der Waals surface area contributed by atoms with Gasteiger partial charge < -0.3 is 10.2 Å². The van der Waals surface area contributed by atoms with Crippen molar-refractivity contribution in [1.82, 2.24) is 0 Å². The maximum Gasteiger partial charge on any atom is 0.195 e. The summed E-state index contributed by atoms with van der Waals surface area (Å²) in [5.74, 6) is 0. The van der Waals surface area contributed by atoms with Crippen LogP contribution in [0.4, 0.5) is 0 Å². The Morgan fingerprint density at radius 3 is 2.83 bits per heavy atom. The average molecular weight is 266 g/mol. The molecule has 3 nitrogen and oxygen atoms in total. The zero-order valence-corrected chi connectivity index (χ0v) is 11.3. The number of nitrogens with two attached hydrogens (primary N) is 1. The van der Waals surface area contributed by atoms with Crippen molar-refractivity contribution in [3.05, 3.63) is 44.8 Å². The van der Waals surface area contributed by atoms with Gasteiger partial charge in [-0.1, -0.05) is 18.5 Å². The molecule has 2 rings (SSSR count). The van der Waals surface area contributed by atoms with Crippen LogP contribution in [-0.2, 0) is 6.42 Å². The molecule has 1 unspecified atom stereocenters. The van der Waals surface area contributed by atoms with Crippen molar-refractivity contribution in [2.75, 3.05) is 0 Å². The third-order valence-electron chi connectivity index (χ3n) is 3.13. The van der Waals surface area contributed by atoms with Gasteiger partial charge in [0.05, 0.1) is 11.6 Å². The lowest BCUT2D eigenvalue weighted by Gasteiger charge is -2.08. The molecule has 0 amide bonds. The standard InChI is InChI=1S/C14H16ClNO2/c1-3-10(16)5-9-7-18-13-4-8(2)12(15)6-11(13)14(9)17/h4,6-7,10H,3,5,16H2,1-2H3. The molecule has 0 bridgehead atoms. The molecule has 1 aromatic carbocycles. The number of halogens is 1. The van der Waals surface area contributed by atoms with Gasteiger partial charge in [0.2, 0.25) is 0 Å². The van der Waals surface area contributed by atoms with Crippen LogP contribution < -0.4 is 11.2 Å². The van der Waals surface area contributed by atoms with Gasteiger partial charge in [-0.3, -0.25) is 4.79 Å². The van der Waals surface area contributed by atoms with Crippen molar-refractivity contribution in [2.45, 2.75) is 32.7 Å². The average Bonchev–Trinajstić information content (AvgIpc) is 2.35. The number of hydrogen-bond donors (Lipinski definition) is 1. The van der Waals surface area contributed by atoms with Crippen LogP contribution >= 0.6 is 11.6 Å². The van der Waals surface area contributed by atoms with E-state index in [1.54, 1.807) is 12.1 Å². The van der Waals surface area contributed by atoms with Crippen molar-refractivity contribution in [2.24, 2.45) is 5.73 Å². The molecule has 1 heterocycles.